The van der Waals surface area contributed by atoms with E-state index in [0.717, 1.165) is 32.1 Å². The van der Waals surface area contributed by atoms with Gasteiger partial charge in [-0.25, -0.2) is 4.79 Å². The van der Waals surface area contributed by atoms with Gasteiger partial charge < -0.3 is 9.84 Å². The van der Waals surface area contributed by atoms with Crippen LogP contribution in [-0.2, 0) is 4.74 Å². The molecule has 4 heteroatoms. The minimum atomic E-state index is -0.503. The Hall–Kier alpha value is -1.03. The fourth-order valence-corrected chi connectivity index (χ4v) is 3.89. The second-order valence-corrected chi connectivity index (χ2v) is 7.36. The van der Waals surface area contributed by atoms with E-state index in [0.29, 0.717) is 11.8 Å². The molecule has 1 N–H and O–H groups in total. The lowest BCUT2D eigenvalue weighted by Gasteiger charge is -2.50. The van der Waals surface area contributed by atoms with E-state index in [1.807, 2.05) is 31.7 Å². The summed E-state index contributed by atoms with van der Waals surface area (Å²) in [5.41, 5.74) is -0.503. The molecule has 4 nitrogen and oxygen atoms in total. The third-order valence-corrected chi connectivity index (χ3v) is 4.78. The van der Waals surface area contributed by atoms with Crippen LogP contribution >= 0.6 is 0 Å². The molecule has 0 unspecified atom stereocenters. The Bertz CT molecular complexity index is 388. The number of aliphatic hydroxyl groups excluding tert-OH is 1. The van der Waals surface area contributed by atoms with Crippen molar-refractivity contribution in [3.05, 3.63) is 12.7 Å². The number of aliphatic hydroxyl groups is 1. The van der Waals surface area contributed by atoms with Crippen LogP contribution in [0.5, 0.6) is 0 Å². The van der Waals surface area contributed by atoms with Gasteiger partial charge in [-0.15, -0.1) is 6.58 Å². The minimum absolute atomic E-state index is 0.0151. The summed E-state index contributed by atoms with van der Waals surface area (Å²) in [4.78, 5) is 14.4. The van der Waals surface area contributed by atoms with Gasteiger partial charge in [0, 0.05) is 6.04 Å². The van der Waals surface area contributed by atoms with Crippen LogP contribution in [-0.4, -0.2) is 40.4 Å². The molecule has 2 rings (SSSR count). The summed E-state index contributed by atoms with van der Waals surface area (Å²) in [5.74, 6) is 0.944. The Morgan fingerprint density at radius 3 is 2.62 bits per heavy atom. The highest BCUT2D eigenvalue weighted by atomic mass is 16.6. The number of hydrogen-bond donors (Lipinski definition) is 1. The number of ether oxygens (including phenoxy) is 1. The monoisotopic (exact) mass is 295 g/mol. The Labute approximate surface area is 128 Å². The van der Waals surface area contributed by atoms with Crippen molar-refractivity contribution < 1.29 is 14.6 Å². The molecule has 2 aliphatic rings. The van der Waals surface area contributed by atoms with Gasteiger partial charge in [0.05, 0.1) is 12.6 Å². The molecule has 0 aromatic rings. The summed E-state index contributed by atoms with van der Waals surface area (Å²) >= 11 is 0. The van der Waals surface area contributed by atoms with E-state index in [1.54, 1.807) is 0 Å². The second kappa shape index (κ2) is 6.39. The maximum atomic E-state index is 12.6. The summed E-state index contributed by atoms with van der Waals surface area (Å²) in [5, 5.41) is 9.65. The lowest BCUT2D eigenvalue weighted by molar-refractivity contribution is -0.0443. The van der Waals surface area contributed by atoms with Crippen molar-refractivity contribution in [2.45, 2.75) is 70.6 Å². The molecule has 4 atom stereocenters. The summed E-state index contributed by atoms with van der Waals surface area (Å²) in [6, 6.07) is 0.0761. The van der Waals surface area contributed by atoms with Crippen molar-refractivity contribution in [1.29, 1.82) is 0 Å². The van der Waals surface area contributed by atoms with Gasteiger partial charge in [-0.2, -0.15) is 0 Å². The van der Waals surface area contributed by atoms with Crippen molar-refractivity contribution in [1.82, 2.24) is 4.90 Å². The number of nitrogens with zero attached hydrogens (tertiary/aromatic N) is 1. The molecule has 0 spiro atoms. The van der Waals surface area contributed by atoms with Gasteiger partial charge in [-0.3, -0.25) is 4.90 Å². The Morgan fingerprint density at radius 1 is 1.33 bits per heavy atom. The average Bonchev–Trinajstić information content (AvgIpc) is 2.43. The van der Waals surface area contributed by atoms with Gasteiger partial charge in [0.2, 0.25) is 0 Å². The van der Waals surface area contributed by atoms with Crippen LogP contribution in [0.1, 0.15) is 52.9 Å². The smallest absolute Gasteiger partial charge is 0.410 e. The van der Waals surface area contributed by atoms with E-state index in [2.05, 4.69) is 6.58 Å². The molecule has 21 heavy (non-hydrogen) atoms. The molecule has 1 heterocycles. The maximum Gasteiger partial charge on any atom is 0.410 e. The third-order valence-electron chi connectivity index (χ3n) is 4.78. The molecule has 1 aliphatic heterocycles. The first kappa shape index (κ1) is 16.3. The van der Waals surface area contributed by atoms with Crippen molar-refractivity contribution in [2.75, 3.05) is 6.61 Å². The molecular formula is C17H29NO3. The predicted molar refractivity (Wildman–Crippen MR) is 83.0 cm³/mol. The fourth-order valence-electron chi connectivity index (χ4n) is 3.89. The molecule has 0 aromatic carbocycles. The highest BCUT2D eigenvalue weighted by molar-refractivity contribution is 5.69. The van der Waals surface area contributed by atoms with Gasteiger partial charge in [0.1, 0.15) is 5.60 Å². The first-order valence-corrected chi connectivity index (χ1v) is 8.12. The molecule has 0 radical (unpaired) electrons. The van der Waals surface area contributed by atoms with Crippen LogP contribution in [0.4, 0.5) is 4.79 Å². The van der Waals surface area contributed by atoms with Gasteiger partial charge in [-0.05, 0) is 58.3 Å². The number of likely N-dealkylation sites (tertiary alicyclic amines) is 1. The molecule has 0 bridgehead atoms. The number of hydrogen-bond acceptors (Lipinski definition) is 3. The lowest BCUT2D eigenvalue weighted by atomic mass is 9.70. The number of amides is 1. The van der Waals surface area contributed by atoms with Gasteiger partial charge >= 0.3 is 6.09 Å². The molecular weight excluding hydrogens is 266 g/mol. The van der Waals surface area contributed by atoms with E-state index in [9.17, 15) is 9.90 Å². The van der Waals surface area contributed by atoms with Crippen LogP contribution in [0.3, 0.4) is 0 Å². The normalized spacial score (nSPS) is 33.2. The lowest BCUT2D eigenvalue weighted by Crippen LogP contribution is -2.58. The second-order valence-electron chi connectivity index (χ2n) is 7.36. The van der Waals surface area contributed by atoms with Crippen LogP contribution in [0, 0.1) is 11.8 Å². The van der Waals surface area contributed by atoms with E-state index < -0.39 is 5.60 Å². The largest absolute Gasteiger partial charge is 0.444 e. The van der Waals surface area contributed by atoms with E-state index in [1.165, 1.54) is 0 Å². The molecule has 1 amide bonds. The van der Waals surface area contributed by atoms with Crippen molar-refractivity contribution in [3.8, 4) is 0 Å². The zero-order valence-corrected chi connectivity index (χ0v) is 13.5. The number of carbonyl (C=O) groups excluding carboxylic acids is 1. The molecule has 1 saturated carbocycles. The first-order valence-electron chi connectivity index (χ1n) is 8.12. The van der Waals surface area contributed by atoms with E-state index >= 15 is 0 Å². The SMILES string of the molecule is C=C[C@@H]1CCC[C@@H]2[C@H]1CC[C@@H](CO)N2C(=O)OC(C)(C)C. The highest BCUT2D eigenvalue weighted by Crippen LogP contribution is 2.42. The summed E-state index contributed by atoms with van der Waals surface area (Å²) < 4.78 is 5.58. The van der Waals surface area contributed by atoms with Crippen LogP contribution in [0.15, 0.2) is 12.7 Å². The van der Waals surface area contributed by atoms with Gasteiger partial charge in [-0.1, -0.05) is 12.5 Å². The zero-order valence-electron chi connectivity index (χ0n) is 13.5. The molecule has 0 aromatic heterocycles. The summed E-state index contributed by atoms with van der Waals surface area (Å²) in [6.07, 6.45) is 6.95. The number of rotatable bonds is 2. The van der Waals surface area contributed by atoms with E-state index in [4.69, 9.17) is 4.74 Å². The molecule has 2 fully saturated rings. The molecule has 1 saturated heterocycles. The average molecular weight is 295 g/mol. The third kappa shape index (κ3) is 3.60. The number of piperidine rings is 1. The zero-order chi connectivity index (χ0) is 15.6. The van der Waals surface area contributed by atoms with E-state index in [-0.39, 0.29) is 24.8 Å². The Kier molecular flexibility index (Phi) is 4.97. The van der Waals surface area contributed by atoms with Crippen LogP contribution in [0.2, 0.25) is 0 Å². The van der Waals surface area contributed by atoms with Gasteiger partial charge in [0.25, 0.3) is 0 Å². The first-order chi connectivity index (χ1) is 9.87. The van der Waals surface area contributed by atoms with Crippen molar-refractivity contribution in [3.63, 3.8) is 0 Å². The standard InChI is InChI=1S/C17H29NO3/c1-5-12-7-6-8-15-14(12)10-9-13(11-19)18(15)16(20)21-17(2,3)4/h5,12-15,19H,1,6-11H2,2-4H3/t12-,13+,14+,15-/m1/s1. The summed E-state index contributed by atoms with van der Waals surface area (Å²) in [6.45, 7) is 9.62. The Balaban J connectivity index is 2.20. The van der Waals surface area contributed by atoms with Crippen LogP contribution < -0.4 is 0 Å². The number of carbonyl (C=O) groups is 1. The van der Waals surface area contributed by atoms with Gasteiger partial charge in [0.15, 0.2) is 0 Å². The number of fused-ring (bicyclic) bond motifs is 1. The minimum Gasteiger partial charge on any atom is -0.444 e. The molecule has 1 aliphatic carbocycles. The van der Waals surface area contributed by atoms with Crippen LogP contribution in [0.25, 0.3) is 0 Å². The quantitative estimate of drug-likeness (QED) is 0.795. The maximum absolute atomic E-state index is 12.6. The Morgan fingerprint density at radius 2 is 2.05 bits per heavy atom. The predicted octanol–water partition coefficient (Wildman–Crippen LogP) is 3.35. The highest BCUT2D eigenvalue weighted by Gasteiger charge is 2.45. The van der Waals surface area contributed by atoms with Crippen molar-refractivity contribution in [2.24, 2.45) is 11.8 Å². The molecule has 120 valence electrons. The topological polar surface area (TPSA) is 49.8 Å². The van der Waals surface area contributed by atoms with Crippen molar-refractivity contribution >= 4 is 6.09 Å². The fraction of sp³-hybridized carbons (Fsp3) is 0.824. The summed E-state index contributed by atoms with van der Waals surface area (Å²) in [7, 11) is 0. The number of allylic oxidation sites excluding steroid dienone is 1.